The Labute approximate surface area is 109 Å². The second kappa shape index (κ2) is 5.25. The van der Waals surface area contributed by atoms with Crippen molar-refractivity contribution in [3.8, 4) is 11.5 Å². The summed E-state index contributed by atoms with van der Waals surface area (Å²) in [6, 6.07) is 8.60. The minimum Gasteiger partial charge on any atom is -0.456 e. The van der Waals surface area contributed by atoms with E-state index < -0.39 is 0 Å². The van der Waals surface area contributed by atoms with Crippen LogP contribution in [0.25, 0.3) is 0 Å². The number of rotatable bonds is 3. The van der Waals surface area contributed by atoms with Crippen LogP contribution >= 0.6 is 23.2 Å². The lowest BCUT2D eigenvalue weighted by Crippen LogP contribution is -1.92. The van der Waals surface area contributed by atoms with Crippen LogP contribution in [0.4, 0.5) is 5.82 Å². The highest BCUT2D eigenvalue weighted by atomic mass is 35.5. The molecule has 0 saturated carbocycles. The third kappa shape index (κ3) is 3.02. The zero-order valence-corrected chi connectivity index (χ0v) is 10.6. The van der Waals surface area contributed by atoms with E-state index in [1.54, 1.807) is 43.6 Å². The van der Waals surface area contributed by atoms with Crippen LogP contribution in [0.5, 0.6) is 11.5 Å². The van der Waals surface area contributed by atoms with Gasteiger partial charge >= 0.3 is 0 Å². The van der Waals surface area contributed by atoms with Crippen LogP contribution in [0.2, 0.25) is 10.0 Å². The van der Waals surface area contributed by atoms with E-state index in [4.69, 9.17) is 27.9 Å². The average molecular weight is 269 g/mol. The van der Waals surface area contributed by atoms with Gasteiger partial charge in [-0.2, -0.15) is 0 Å². The van der Waals surface area contributed by atoms with Crippen molar-refractivity contribution < 1.29 is 4.74 Å². The van der Waals surface area contributed by atoms with Gasteiger partial charge in [-0.1, -0.05) is 23.2 Å². The molecular weight excluding hydrogens is 259 g/mol. The zero-order chi connectivity index (χ0) is 12.3. The third-order valence-electron chi connectivity index (χ3n) is 2.11. The topological polar surface area (TPSA) is 34.1 Å². The maximum absolute atomic E-state index is 6.00. The van der Waals surface area contributed by atoms with Crippen molar-refractivity contribution in [3.63, 3.8) is 0 Å². The first-order valence-electron chi connectivity index (χ1n) is 4.96. The molecule has 0 bridgehead atoms. The standard InChI is InChI=1S/C12H10Cl2N2O/c1-15-12-7-9(4-5-16-12)17-11-6-8(13)2-3-10(11)14/h2-7H,1H3,(H,15,16). The number of nitrogens with one attached hydrogen (secondary N) is 1. The van der Waals surface area contributed by atoms with E-state index >= 15 is 0 Å². The van der Waals surface area contributed by atoms with E-state index in [-0.39, 0.29) is 0 Å². The number of aromatic nitrogens is 1. The molecule has 1 aromatic heterocycles. The summed E-state index contributed by atoms with van der Waals surface area (Å²) in [7, 11) is 1.79. The molecule has 2 aromatic rings. The van der Waals surface area contributed by atoms with Crippen LogP contribution in [0, 0.1) is 0 Å². The van der Waals surface area contributed by atoms with Gasteiger partial charge in [0.25, 0.3) is 0 Å². The van der Waals surface area contributed by atoms with Crippen LogP contribution in [0.15, 0.2) is 36.5 Å². The monoisotopic (exact) mass is 268 g/mol. The van der Waals surface area contributed by atoms with Crippen molar-refractivity contribution in [1.29, 1.82) is 0 Å². The molecule has 0 saturated heterocycles. The van der Waals surface area contributed by atoms with E-state index in [0.717, 1.165) is 5.82 Å². The largest absolute Gasteiger partial charge is 0.456 e. The predicted molar refractivity (Wildman–Crippen MR) is 70.3 cm³/mol. The van der Waals surface area contributed by atoms with Crippen molar-refractivity contribution in [1.82, 2.24) is 4.98 Å². The molecule has 5 heteroatoms. The Balaban J connectivity index is 2.27. The van der Waals surface area contributed by atoms with Crippen molar-refractivity contribution in [2.24, 2.45) is 0 Å². The highest BCUT2D eigenvalue weighted by molar-refractivity contribution is 6.34. The van der Waals surface area contributed by atoms with Crippen molar-refractivity contribution in [3.05, 3.63) is 46.6 Å². The number of benzene rings is 1. The predicted octanol–water partition coefficient (Wildman–Crippen LogP) is 4.22. The van der Waals surface area contributed by atoms with Gasteiger partial charge in [-0.05, 0) is 18.2 Å². The summed E-state index contributed by atoms with van der Waals surface area (Å²) in [6.07, 6.45) is 1.65. The lowest BCUT2D eigenvalue weighted by atomic mass is 10.3. The number of pyridine rings is 1. The minimum absolute atomic E-state index is 0.511. The first-order chi connectivity index (χ1) is 8.19. The number of hydrogen-bond acceptors (Lipinski definition) is 3. The van der Waals surface area contributed by atoms with E-state index in [1.807, 2.05) is 0 Å². The molecule has 2 rings (SSSR count). The molecule has 88 valence electrons. The van der Waals surface area contributed by atoms with Crippen LogP contribution in [-0.2, 0) is 0 Å². The Morgan fingerprint density at radius 2 is 2.00 bits per heavy atom. The smallest absolute Gasteiger partial charge is 0.147 e. The summed E-state index contributed by atoms with van der Waals surface area (Å²) >= 11 is 11.9. The number of ether oxygens (including phenoxy) is 1. The molecule has 0 spiro atoms. The molecule has 0 atom stereocenters. The molecule has 0 radical (unpaired) electrons. The molecule has 3 nitrogen and oxygen atoms in total. The molecule has 1 aromatic carbocycles. The SMILES string of the molecule is CNc1cc(Oc2cc(Cl)ccc2Cl)ccn1. The first kappa shape index (κ1) is 12.0. The lowest BCUT2D eigenvalue weighted by Gasteiger charge is -2.08. The van der Waals surface area contributed by atoms with E-state index in [2.05, 4.69) is 10.3 Å². The Hall–Kier alpha value is -1.45. The Morgan fingerprint density at radius 3 is 2.76 bits per heavy atom. The van der Waals surface area contributed by atoms with Crippen LogP contribution < -0.4 is 10.1 Å². The number of nitrogens with zero attached hydrogens (tertiary/aromatic N) is 1. The van der Waals surface area contributed by atoms with E-state index in [9.17, 15) is 0 Å². The second-order valence-electron chi connectivity index (χ2n) is 3.30. The highest BCUT2D eigenvalue weighted by Crippen LogP contribution is 2.32. The quantitative estimate of drug-likeness (QED) is 0.905. The molecule has 0 unspecified atom stereocenters. The summed E-state index contributed by atoms with van der Waals surface area (Å²) in [5.74, 6) is 1.89. The summed E-state index contributed by atoms with van der Waals surface area (Å²) in [4.78, 5) is 4.09. The number of hydrogen-bond donors (Lipinski definition) is 1. The van der Waals surface area contributed by atoms with Gasteiger partial charge in [0.05, 0.1) is 5.02 Å². The number of anilines is 1. The van der Waals surface area contributed by atoms with Crippen molar-refractivity contribution >= 4 is 29.0 Å². The average Bonchev–Trinajstić information content (AvgIpc) is 2.34. The second-order valence-corrected chi connectivity index (χ2v) is 4.15. The van der Waals surface area contributed by atoms with Gasteiger partial charge in [0, 0.05) is 30.4 Å². The van der Waals surface area contributed by atoms with Crippen LogP contribution in [0.1, 0.15) is 0 Å². The summed E-state index contributed by atoms with van der Waals surface area (Å²) in [5.41, 5.74) is 0. The summed E-state index contributed by atoms with van der Waals surface area (Å²) in [5, 5.41) is 4.02. The van der Waals surface area contributed by atoms with Gasteiger partial charge < -0.3 is 10.1 Å². The zero-order valence-electron chi connectivity index (χ0n) is 9.08. The molecule has 0 aliphatic rings. The van der Waals surface area contributed by atoms with Gasteiger partial charge in [0.1, 0.15) is 17.3 Å². The third-order valence-corrected chi connectivity index (χ3v) is 2.66. The van der Waals surface area contributed by atoms with Gasteiger partial charge in [0.2, 0.25) is 0 Å². The van der Waals surface area contributed by atoms with Gasteiger partial charge in [0.15, 0.2) is 0 Å². The van der Waals surface area contributed by atoms with Gasteiger partial charge in [-0.25, -0.2) is 4.98 Å². The molecule has 0 aliphatic heterocycles. The van der Waals surface area contributed by atoms with Crippen molar-refractivity contribution in [2.45, 2.75) is 0 Å². The minimum atomic E-state index is 0.511. The van der Waals surface area contributed by atoms with Gasteiger partial charge in [-0.15, -0.1) is 0 Å². The Morgan fingerprint density at radius 1 is 1.18 bits per heavy atom. The van der Waals surface area contributed by atoms with Crippen molar-refractivity contribution in [2.75, 3.05) is 12.4 Å². The fourth-order valence-corrected chi connectivity index (χ4v) is 1.61. The molecule has 0 fully saturated rings. The van der Waals surface area contributed by atoms with Gasteiger partial charge in [-0.3, -0.25) is 0 Å². The highest BCUT2D eigenvalue weighted by Gasteiger charge is 2.04. The van der Waals surface area contributed by atoms with E-state index in [1.165, 1.54) is 0 Å². The molecular formula is C12H10Cl2N2O. The summed E-state index contributed by atoms with van der Waals surface area (Å²) < 4.78 is 5.64. The molecule has 17 heavy (non-hydrogen) atoms. The van der Waals surface area contributed by atoms with E-state index in [0.29, 0.717) is 21.5 Å². The van der Waals surface area contributed by atoms with Crippen LogP contribution in [0.3, 0.4) is 0 Å². The maximum Gasteiger partial charge on any atom is 0.147 e. The normalized spacial score (nSPS) is 10.1. The molecule has 1 N–H and O–H groups in total. The number of halogens is 2. The molecule has 0 aliphatic carbocycles. The fourth-order valence-electron chi connectivity index (χ4n) is 1.29. The summed E-state index contributed by atoms with van der Waals surface area (Å²) in [6.45, 7) is 0. The maximum atomic E-state index is 6.00. The Bertz CT molecular complexity index is 532. The fraction of sp³-hybridized carbons (Fsp3) is 0.0833. The Kier molecular flexibility index (Phi) is 3.71. The molecule has 0 amide bonds. The lowest BCUT2D eigenvalue weighted by molar-refractivity contribution is 0.482. The first-order valence-corrected chi connectivity index (χ1v) is 5.71. The molecule has 1 heterocycles. The van der Waals surface area contributed by atoms with Crippen LogP contribution in [-0.4, -0.2) is 12.0 Å².